The smallest absolute Gasteiger partial charge is 0.226 e. The van der Waals surface area contributed by atoms with Crippen molar-refractivity contribution in [2.24, 2.45) is 0 Å². The minimum Gasteiger partial charge on any atom is -0.444 e. The fourth-order valence-electron chi connectivity index (χ4n) is 2.96. The molecule has 0 unspecified atom stereocenters. The number of benzene rings is 2. The first-order valence-corrected chi connectivity index (χ1v) is 9.99. The highest BCUT2D eigenvalue weighted by Crippen LogP contribution is 2.27. The van der Waals surface area contributed by atoms with E-state index in [0.717, 1.165) is 33.0 Å². The molecule has 0 amide bonds. The quantitative estimate of drug-likeness (QED) is 0.302. The van der Waals surface area contributed by atoms with Gasteiger partial charge in [-0.2, -0.15) is 4.52 Å². The first-order valence-electron chi connectivity index (χ1n) is 8.63. The second-order valence-corrected chi connectivity index (χ2v) is 7.62. The molecule has 8 heteroatoms. The predicted octanol–water partition coefficient (Wildman–Crippen LogP) is 5.19. The van der Waals surface area contributed by atoms with Crippen LogP contribution in [0.2, 0.25) is 5.02 Å². The summed E-state index contributed by atoms with van der Waals surface area (Å²) in [5, 5.41) is 6.94. The molecule has 0 spiro atoms. The van der Waals surface area contributed by atoms with Gasteiger partial charge in [0.05, 0.1) is 11.2 Å². The van der Waals surface area contributed by atoms with Gasteiger partial charge < -0.3 is 4.42 Å². The van der Waals surface area contributed by atoms with Gasteiger partial charge in [-0.15, -0.1) is 5.10 Å². The lowest BCUT2D eigenvalue weighted by Crippen LogP contribution is -1.98. The molecule has 5 aromatic rings. The molecular weight excluding hydrogens is 394 g/mol. The zero-order valence-corrected chi connectivity index (χ0v) is 16.4. The summed E-state index contributed by atoms with van der Waals surface area (Å²) in [7, 11) is 0. The first-order chi connectivity index (χ1) is 13.7. The zero-order valence-electron chi connectivity index (χ0n) is 14.8. The molecule has 28 heavy (non-hydrogen) atoms. The van der Waals surface area contributed by atoms with Gasteiger partial charge in [-0.1, -0.05) is 35.5 Å². The van der Waals surface area contributed by atoms with E-state index in [1.807, 2.05) is 55.5 Å². The van der Waals surface area contributed by atoms with E-state index in [-0.39, 0.29) is 0 Å². The van der Waals surface area contributed by atoms with Crippen LogP contribution in [0.25, 0.3) is 28.0 Å². The van der Waals surface area contributed by atoms with Crippen molar-refractivity contribution < 1.29 is 4.42 Å². The summed E-state index contributed by atoms with van der Waals surface area (Å²) in [6.07, 6.45) is 1.67. The summed E-state index contributed by atoms with van der Waals surface area (Å²) in [5.74, 6) is 1.89. The Balaban J connectivity index is 1.45. The molecule has 0 aliphatic rings. The zero-order chi connectivity index (χ0) is 19.1. The summed E-state index contributed by atoms with van der Waals surface area (Å²) in [6, 6.07) is 15.4. The van der Waals surface area contributed by atoms with Gasteiger partial charge >= 0.3 is 0 Å². The number of hydrogen-bond acceptors (Lipinski definition) is 6. The van der Waals surface area contributed by atoms with Crippen LogP contribution in [-0.4, -0.2) is 24.6 Å². The Kier molecular flexibility index (Phi) is 4.26. The highest BCUT2D eigenvalue weighted by atomic mass is 35.5. The van der Waals surface area contributed by atoms with Crippen LogP contribution in [0, 0.1) is 6.92 Å². The molecule has 0 fully saturated rings. The number of halogens is 1. The Morgan fingerprint density at radius 2 is 1.86 bits per heavy atom. The van der Waals surface area contributed by atoms with Gasteiger partial charge in [0.1, 0.15) is 12.1 Å². The van der Waals surface area contributed by atoms with Crippen molar-refractivity contribution in [2.75, 3.05) is 0 Å². The number of aromatic nitrogens is 5. The van der Waals surface area contributed by atoms with E-state index in [2.05, 4.69) is 15.1 Å². The molecule has 0 bridgehead atoms. The molecule has 138 valence electrons. The molecule has 5 rings (SSSR count). The summed E-state index contributed by atoms with van der Waals surface area (Å²) < 4.78 is 7.41. The molecule has 0 N–H and O–H groups in total. The van der Waals surface area contributed by atoms with Crippen LogP contribution in [0.1, 0.15) is 11.5 Å². The number of rotatable bonds is 4. The summed E-state index contributed by atoms with van der Waals surface area (Å²) in [6.45, 7) is 1.88. The highest BCUT2D eigenvalue weighted by molar-refractivity contribution is 7.98. The van der Waals surface area contributed by atoms with Gasteiger partial charge in [-0.05, 0) is 43.3 Å². The highest BCUT2D eigenvalue weighted by Gasteiger charge is 2.14. The van der Waals surface area contributed by atoms with Crippen molar-refractivity contribution >= 4 is 39.9 Å². The number of nitrogens with zero attached hydrogens (tertiary/aromatic N) is 5. The summed E-state index contributed by atoms with van der Waals surface area (Å²) in [4.78, 5) is 13.9. The minimum atomic E-state index is 0.570. The lowest BCUT2D eigenvalue weighted by atomic mass is 10.2. The van der Waals surface area contributed by atoms with E-state index in [4.69, 9.17) is 21.0 Å². The van der Waals surface area contributed by atoms with E-state index in [0.29, 0.717) is 22.5 Å². The van der Waals surface area contributed by atoms with E-state index >= 15 is 0 Å². The Morgan fingerprint density at radius 1 is 1.04 bits per heavy atom. The SMILES string of the molecule is Cc1nc2c3ccccc3nc(SCc3coc(-c4ccc(Cl)cc4)n3)n2n1. The number of oxazole rings is 1. The van der Waals surface area contributed by atoms with Crippen LogP contribution in [0.4, 0.5) is 0 Å². The normalized spacial score (nSPS) is 11.5. The predicted molar refractivity (Wildman–Crippen MR) is 110 cm³/mol. The third kappa shape index (κ3) is 3.12. The molecule has 0 aliphatic heterocycles. The number of fused-ring (bicyclic) bond motifs is 3. The molecule has 0 radical (unpaired) electrons. The van der Waals surface area contributed by atoms with Crippen LogP contribution in [0.3, 0.4) is 0 Å². The second-order valence-electron chi connectivity index (χ2n) is 6.25. The number of hydrogen-bond donors (Lipinski definition) is 0. The Labute approximate surface area is 169 Å². The van der Waals surface area contributed by atoms with E-state index in [1.54, 1.807) is 22.5 Å². The van der Waals surface area contributed by atoms with Crippen LogP contribution in [0.5, 0.6) is 0 Å². The van der Waals surface area contributed by atoms with Crippen molar-refractivity contribution in [3.63, 3.8) is 0 Å². The number of thioether (sulfide) groups is 1. The molecule has 0 saturated carbocycles. The van der Waals surface area contributed by atoms with Crippen molar-refractivity contribution in [1.29, 1.82) is 0 Å². The van der Waals surface area contributed by atoms with Gasteiger partial charge in [0.25, 0.3) is 0 Å². The van der Waals surface area contributed by atoms with E-state index in [9.17, 15) is 0 Å². The molecular formula is C20H14ClN5OS. The molecule has 0 aliphatic carbocycles. The molecule has 3 heterocycles. The largest absolute Gasteiger partial charge is 0.444 e. The van der Waals surface area contributed by atoms with Crippen molar-refractivity contribution in [3.8, 4) is 11.5 Å². The Morgan fingerprint density at radius 3 is 2.71 bits per heavy atom. The second kappa shape index (κ2) is 6.92. The van der Waals surface area contributed by atoms with Crippen LogP contribution in [-0.2, 0) is 5.75 Å². The van der Waals surface area contributed by atoms with Gasteiger partial charge in [0, 0.05) is 21.7 Å². The molecule has 0 saturated heterocycles. The molecule has 0 atom stereocenters. The Hall–Kier alpha value is -2.90. The molecule has 6 nitrogen and oxygen atoms in total. The van der Waals surface area contributed by atoms with Crippen molar-refractivity contribution in [1.82, 2.24) is 24.6 Å². The third-order valence-electron chi connectivity index (χ3n) is 4.25. The fourth-order valence-corrected chi connectivity index (χ4v) is 3.91. The average molecular weight is 408 g/mol. The average Bonchev–Trinajstić information content (AvgIpc) is 3.33. The number of para-hydroxylation sites is 1. The maximum absolute atomic E-state index is 5.94. The monoisotopic (exact) mass is 407 g/mol. The van der Waals surface area contributed by atoms with E-state index < -0.39 is 0 Å². The molecule has 3 aromatic heterocycles. The van der Waals surface area contributed by atoms with E-state index in [1.165, 1.54) is 0 Å². The van der Waals surface area contributed by atoms with Crippen molar-refractivity contribution in [3.05, 3.63) is 71.3 Å². The van der Waals surface area contributed by atoms with Crippen LogP contribution < -0.4 is 0 Å². The lowest BCUT2D eigenvalue weighted by Gasteiger charge is -2.05. The lowest BCUT2D eigenvalue weighted by molar-refractivity contribution is 0.573. The maximum atomic E-state index is 5.94. The van der Waals surface area contributed by atoms with Gasteiger partial charge in [-0.3, -0.25) is 0 Å². The summed E-state index contributed by atoms with van der Waals surface area (Å²) in [5.41, 5.74) is 3.42. The van der Waals surface area contributed by atoms with Gasteiger partial charge in [0.15, 0.2) is 10.8 Å². The standard InChI is InChI=1S/C20H14ClN5OS/c1-12-22-18-16-4-2-3-5-17(16)24-20(26(18)25-12)28-11-15-10-27-19(23-15)13-6-8-14(21)9-7-13/h2-10H,11H2,1H3. The fraction of sp³-hybridized carbons (Fsp3) is 0.100. The topological polar surface area (TPSA) is 69.1 Å². The third-order valence-corrected chi connectivity index (χ3v) is 5.46. The Bertz CT molecular complexity index is 1300. The van der Waals surface area contributed by atoms with Crippen LogP contribution >= 0.6 is 23.4 Å². The first kappa shape index (κ1) is 17.2. The summed E-state index contributed by atoms with van der Waals surface area (Å²) >= 11 is 7.49. The van der Waals surface area contributed by atoms with Gasteiger partial charge in [-0.25, -0.2) is 15.0 Å². The maximum Gasteiger partial charge on any atom is 0.226 e. The molecule has 2 aromatic carbocycles. The van der Waals surface area contributed by atoms with Crippen LogP contribution in [0.15, 0.2) is 64.4 Å². The van der Waals surface area contributed by atoms with Crippen molar-refractivity contribution in [2.45, 2.75) is 17.8 Å². The van der Waals surface area contributed by atoms with Gasteiger partial charge in [0.2, 0.25) is 5.89 Å². The minimum absolute atomic E-state index is 0.570. The number of aryl methyl sites for hydroxylation is 1.